The summed E-state index contributed by atoms with van der Waals surface area (Å²) in [5.41, 5.74) is 1.02. The molecular weight excluding hydrogens is 332 g/mol. The highest BCUT2D eigenvalue weighted by molar-refractivity contribution is 5.87. The highest BCUT2D eigenvalue weighted by atomic mass is 16.2. The Balaban J connectivity index is 1.85. The predicted molar refractivity (Wildman–Crippen MR) is 100 cm³/mol. The number of hydrogen-bond donors (Lipinski definition) is 0. The summed E-state index contributed by atoms with van der Waals surface area (Å²) in [6.45, 7) is 3.42. The van der Waals surface area contributed by atoms with Crippen LogP contribution >= 0.6 is 0 Å². The van der Waals surface area contributed by atoms with Crippen LogP contribution < -0.4 is 9.80 Å². The molecule has 0 spiro atoms. The topological polar surface area (TPSA) is 72.9 Å². The average molecular weight is 360 g/mol. The molecule has 0 aromatic carbocycles. The Morgan fingerprint density at radius 1 is 1.23 bits per heavy atom. The summed E-state index contributed by atoms with van der Waals surface area (Å²) < 4.78 is 0. The van der Waals surface area contributed by atoms with Gasteiger partial charge in [0.05, 0.1) is 5.92 Å². The summed E-state index contributed by atoms with van der Waals surface area (Å²) in [7, 11) is 7.36. The minimum atomic E-state index is -0.101. The van der Waals surface area contributed by atoms with Gasteiger partial charge in [0.25, 0.3) is 0 Å². The fraction of sp³-hybridized carbons (Fsp3) is 0.667. The van der Waals surface area contributed by atoms with Crippen LogP contribution in [0.5, 0.6) is 0 Å². The zero-order chi connectivity index (χ0) is 19.0. The van der Waals surface area contributed by atoms with Crippen molar-refractivity contribution in [3.63, 3.8) is 0 Å². The number of piperidine rings is 1. The Kier molecular flexibility index (Phi) is 5.02. The normalized spacial score (nSPS) is 22.4. The van der Waals surface area contributed by atoms with Gasteiger partial charge in [0.15, 0.2) is 0 Å². The first-order valence-electron chi connectivity index (χ1n) is 9.04. The molecule has 0 N–H and O–H groups in total. The predicted octanol–water partition coefficient (Wildman–Crippen LogP) is 0.366. The van der Waals surface area contributed by atoms with Gasteiger partial charge in [0.2, 0.25) is 17.8 Å². The van der Waals surface area contributed by atoms with Crippen LogP contribution in [0.3, 0.4) is 0 Å². The number of aromatic nitrogens is 2. The molecule has 8 nitrogen and oxygen atoms in total. The van der Waals surface area contributed by atoms with E-state index >= 15 is 0 Å². The quantitative estimate of drug-likeness (QED) is 0.772. The lowest BCUT2D eigenvalue weighted by atomic mass is 9.94. The number of rotatable bonds is 4. The first kappa shape index (κ1) is 18.4. The number of carbonyl (C=O) groups is 2. The third kappa shape index (κ3) is 3.45. The van der Waals surface area contributed by atoms with E-state index in [1.165, 1.54) is 4.90 Å². The van der Waals surface area contributed by atoms with E-state index in [9.17, 15) is 9.59 Å². The molecule has 0 aliphatic carbocycles. The van der Waals surface area contributed by atoms with Gasteiger partial charge in [0.1, 0.15) is 12.4 Å². The van der Waals surface area contributed by atoms with Crippen molar-refractivity contribution in [2.75, 3.05) is 57.6 Å². The minimum absolute atomic E-state index is 0.0258. The molecule has 3 fully saturated rings. The number of fused-ring (bicyclic) bond motifs is 4. The molecular formula is C18H28N6O2. The van der Waals surface area contributed by atoms with Gasteiger partial charge >= 0.3 is 0 Å². The molecule has 1 aromatic heterocycles. The third-order valence-corrected chi connectivity index (χ3v) is 5.24. The molecule has 2 atom stereocenters. The second kappa shape index (κ2) is 7.09. The van der Waals surface area contributed by atoms with E-state index in [-0.39, 0.29) is 30.3 Å². The summed E-state index contributed by atoms with van der Waals surface area (Å²) in [4.78, 5) is 41.6. The fourth-order valence-electron chi connectivity index (χ4n) is 3.73. The van der Waals surface area contributed by atoms with Crippen LogP contribution in [0.25, 0.3) is 0 Å². The smallest absolute Gasteiger partial charge is 0.241 e. The van der Waals surface area contributed by atoms with Crippen LogP contribution in [-0.4, -0.2) is 85.4 Å². The monoisotopic (exact) mass is 360 g/mol. The van der Waals surface area contributed by atoms with Crippen molar-refractivity contribution in [2.24, 2.45) is 5.92 Å². The second-order valence-corrected chi connectivity index (χ2v) is 7.66. The number of anilines is 2. The number of carbonyl (C=O) groups excluding carboxylic acids is 2. The van der Waals surface area contributed by atoms with E-state index in [1.54, 1.807) is 19.0 Å². The molecule has 0 saturated carbocycles. The van der Waals surface area contributed by atoms with E-state index in [4.69, 9.17) is 4.98 Å². The number of amides is 2. The van der Waals surface area contributed by atoms with E-state index < -0.39 is 0 Å². The number of aryl methyl sites for hydroxylation is 1. The number of hydrogen-bond acceptors (Lipinski definition) is 6. The number of likely N-dealkylation sites (N-methyl/N-ethyl adjacent to an activating group) is 1. The molecule has 4 heterocycles. The van der Waals surface area contributed by atoms with Gasteiger partial charge < -0.3 is 19.6 Å². The number of nitrogens with zero attached hydrogens (tertiary/aromatic N) is 6. The zero-order valence-electron chi connectivity index (χ0n) is 16.3. The standard InChI is InChI=1S/C18H28N6O2/c1-12-8-19-18(20-16(12)22(4)5)23-9-13-6-7-14(10-23)24(17(13)26)11-15(25)21(2)3/h8,13-14H,6-7,9-11H2,1-5H3/t13-,14+/m1/s1. The molecule has 3 aliphatic rings. The first-order valence-corrected chi connectivity index (χ1v) is 9.04. The molecule has 8 heteroatoms. The van der Waals surface area contributed by atoms with Crippen LogP contribution in [0, 0.1) is 12.8 Å². The lowest BCUT2D eigenvalue weighted by Gasteiger charge is -2.35. The Bertz CT molecular complexity index is 705. The van der Waals surface area contributed by atoms with E-state index in [1.807, 2.05) is 32.1 Å². The van der Waals surface area contributed by atoms with Crippen LogP contribution in [-0.2, 0) is 9.59 Å². The largest absolute Gasteiger partial charge is 0.362 e. The third-order valence-electron chi connectivity index (χ3n) is 5.24. The summed E-state index contributed by atoms with van der Waals surface area (Å²) in [6, 6.07) is 0.0258. The van der Waals surface area contributed by atoms with Crippen molar-refractivity contribution in [1.82, 2.24) is 19.8 Å². The molecule has 0 unspecified atom stereocenters. The Morgan fingerprint density at radius 2 is 1.96 bits per heavy atom. The van der Waals surface area contributed by atoms with Crippen molar-refractivity contribution in [3.05, 3.63) is 11.8 Å². The van der Waals surface area contributed by atoms with Crippen molar-refractivity contribution < 1.29 is 9.59 Å². The molecule has 2 amide bonds. The highest BCUT2D eigenvalue weighted by Gasteiger charge is 2.42. The molecule has 3 aliphatic heterocycles. The summed E-state index contributed by atoms with van der Waals surface area (Å²) in [5, 5.41) is 0. The average Bonchev–Trinajstić information content (AvgIpc) is 2.87. The Morgan fingerprint density at radius 3 is 2.62 bits per heavy atom. The van der Waals surface area contributed by atoms with Gasteiger partial charge in [-0.3, -0.25) is 9.59 Å². The molecule has 26 heavy (non-hydrogen) atoms. The molecule has 1 aromatic rings. The van der Waals surface area contributed by atoms with Crippen molar-refractivity contribution in [1.29, 1.82) is 0 Å². The SMILES string of the molecule is Cc1cnc(N2C[C@H]3CC[C@@H](C2)N(CC(=O)N(C)C)C3=O)nc1N(C)C. The summed E-state index contributed by atoms with van der Waals surface area (Å²) >= 11 is 0. The van der Waals surface area contributed by atoms with Gasteiger partial charge in [-0.25, -0.2) is 4.98 Å². The zero-order valence-corrected chi connectivity index (χ0v) is 16.3. The fourth-order valence-corrected chi connectivity index (χ4v) is 3.73. The minimum Gasteiger partial charge on any atom is -0.362 e. The molecule has 142 valence electrons. The summed E-state index contributed by atoms with van der Waals surface area (Å²) in [6.07, 6.45) is 3.61. The molecule has 0 radical (unpaired) electrons. The van der Waals surface area contributed by atoms with Crippen LogP contribution in [0.1, 0.15) is 18.4 Å². The van der Waals surface area contributed by atoms with Gasteiger partial charge in [-0.05, 0) is 19.8 Å². The van der Waals surface area contributed by atoms with Gasteiger partial charge in [0, 0.05) is 59.1 Å². The summed E-state index contributed by atoms with van der Waals surface area (Å²) in [5.74, 6) is 1.48. The van der Waals surface area contributed by atoms with E-state index in [0.717, 1.165) is 24.2 Å². The molecule has 2 bridgehead atoms. The van der Waals surface area contributed by atoms with E-state index in [2.05, 4.69) is 9.88 Å². The maximum absolute atomic E-state index is 12.9. The van der Waals surface area contributed by atoms with Gasteiger partial charge in [-0.15, -0.1) is 0 Å². The second-order valence-electron chi connectivity index (χ2n) is 7.66. The lowest BCUT2D eigenvalue weighted by Crippen LogP contribution is -2.51. The van der Waals surface area contributed by atoms with Crippen molar-refractivity contribution in [2.45, 2.75) is 25.8 Å². The molecule has 4 rings (SSSR count). The van der Waals surface area contributed by atoms with Crippen molar-refractivity contribution >= 4 is 23.6 Å². The van der Waals surface area contributed by atoms with Gasteiger partial charge in [-0.1, -0.05) is 0 Å². The Labute approximate surface area is 154 Å². The van der Waals surface area contributed by atoms with Crippen LogP contribution in [0.15, 0.2) is 6.20 Å². The lowest BCUT2D eigenvalue weighted by molar-refractivity contribution is -0.145. The Hall–Kier alpha value is -2.38. The molecule has 3 saturated heterocycles. The van der Waals surface area contributed by atoms with Crippen molar-refractivity contribution in [3.8, 4) is 0 Å². The van der Waals surface area contributed by atoms with E-state index in [0.29, 0.717) is 19.0 Å². The highest BCUT2D eigenvalue weighted by Crippen LogP contribution is 2.31. The van der Waals surface area contributed by atoms with Crippen LogP contribution in [0.2, 0.25) is 0 Å². The maximum Gasteiger partial charge on any atom is 0.241 e. The van der Waals surface area contributed by atoms with Crippen LogP contribution in [0.4, 0.5) is 11.8 Å². The van der Waals surface area contributed by atoms with Gasteiger partial charge in [-0.2, -0.15) is 4.98 Å². The maximum atomic E-state index is 12.9. The first-order chi connectivity index (χ1) is 12.3.